The molecule has 1 aliphatic heterocycles. The van der Waals surface area contributed by atoms with Crippen LogP contribution in [0.2, 0.25) is 0 Å². The molecule has 1 heterocycles. The van der Waals surface area contributed by atoms with Crippen molar-refractivity contribution in [1.29, 1.82) is 0 Å². The number of methoxy groups -OCH3 is 1. The Balaban J connectivity index is 1.58. The van der Waals surface area contributed by atoms with Gasteiger partial charge in [-0.2, -0.15) is 0 Å². The Hall–Kier alpha value is -2.75. The number of nitrogens with one attached hydrogen (secondary N) is 2. The minimum atomic E-state index is -3.62. The highest BCUT2D eigenvalue weighted by Crippen LogP contribution is 2.26. The Labute approximate surface area is 176 Å². The second kappa shape index (κ2) is 9.84. The number of rotatable bonds is 9. The molecule has 2 aromatic carbocycles. The molecule has 1 atom stereocenters. The Bertz CT molecular complexity index is 977. The van der Waals surface area contributed by atoms with E-state index in [0.29, 0.717) is 25.3 Å². The van der Waals surface area contributed by atoms with Gasteiger partial charge >= 0.3 is 0 Å². The van der Waals surface area contributed by atoms with E-state index >= 15 is 0 Å². The smallest absolute Gasteiger partial charge is 0.240 e. The second-order valence-corrected chi connectivity index (χ2v) is 8.77. The van der Waals surface area contributed by atoms with Crippen LogP contribution in [-0.2, 0) is 24.3 Å². The molecule has 0 radical (unpaired) electrons. The van der Waals surface area contributed by atoms with Gasteiger partial charge in [-0.3, -0.25) is 9.59 Å². The third kappa shape index (κ3) is 5.44. The van der Waals surface area contributed by atoms with Gasteiger partial charge in [-0.15, -0.1) is 0 Å². The molecule has 2 aromatic rings. The first kappa shape index (κ1) is 21.9. The quantitative estimate of drug-likeness (QED) is 0.591. The molecule has 9 heteroatoms. The van der Waals surface area contributed by atoms with E-state index in [1.165, 1.54) is 24.3 Å². The first-order chi connectivity index (χ1) is 14.4. The zero-order valence-corrected chi connectivity index (χ0v) is 17.5. The standard InChI is InChI=1S/C21H25N3O5S/c1-29-13-5-12-22-30(27,28)19-10-8-17(9-11-19)23-21(26)16-14-20(25)24(15-16)18-6-3-2-4-7-18/h2-4,6-11,16,22H,5,12-15H2,1H3,(H,23,26)/t16-/m1/s1. The highest BCUT2D eigenvalue weighted by Gasteiger charge is 2.35. The molecule has 0 bridgehead atoms. The van der Waals surface area contributed by atoms with Crippen molar-refractivity contribution < 1.29 is 22.7 Å². The number of amides is 2. The Morgan fingerprint density at radius 3 is 2.50 bits per heavy atom. The highest BCUT2D eigenvalue weighted by atomic mass is 32.2. The predicted octanol–water partition coefficient (Wildman–Crippen LogP) is 1.99. The van der Waals surface area contributed by atoms with E-state index in [4.69, 9.17) is 4.74 Å². The van der Waals surface area contributed by atoms with Crippen molar-refractivity contribution in [3.63, 3.8) is 0 Å². The van der Waals surface area contributed by atoms with Gasteiger partial charge < -0.3 is 15.0 Å². The average molecular weight is 432 g/mol. The third-order valence-electron chi connectivity index (χ3n) is 4.81. The summed E-state index contributed by atoms with van der Waals surface area (Å²) in [7, 11) is -2.06. The van der Waals surface area contributed by atoms with Crippen molar-refractivity contribution in [3.8, 4) is 0 Å². The number of carbonyl (C=O) groups excluding carboxylic acids is 2. The normalized spacial score (nSPS) is 16.6. The molecule has 160 valence electrons. The number of ether oxygens (including phenoxy) is 1. The van der Waals surface area contributed by atoms with E-state index in [0.717, 1.165) is 5.69 Å². The number of hydrogen-bond donors (Lipinski definition) is 2. The van der Waals surface area contributed by atoms with Gasteiger partial charge in [0.2, 0.25) is 21.8 Å². The van der Waals surface area contributed by atoms with Crippen molar-refractivity contribution in [3.05, 3.63) is 54.6 Å². The van der Waals surface area contributed by atoms with Crippen LogP contribution < -0.4 is 14.9 Å². The maximum Gasteiger partial charge on any atom is 0.240 e. The summed E-state index contributed by atoms with van der Waals surface area (Å²) in [5, 5.41) is 2.77. The fraction of sp³-hybridized carbons (Fsp3) is 0.333. The van der Waals surface area contributed by atoms with Crippen LogP contribution >= 0.6 is 0 Å². The molecule has 0 unspecified atom stereocenters. The van der Waals surface area contributed by atoms with Crippen molar-refractivity contribution in [1.82, 2.24) is 4.72 Å². The molecule has 0 saturated carbocycles. The molecule has 1 saturated heterocycles. The fourth-order valence-corrected chi connectivity index (χ4v) is 4.28. The van der Waals surface area contributed by atoms with E-state index in [1.54, 1.807) is 12.0 Å². The van der Waals surface area contributed by atoms with Crippen LogP contribution in [0.25, 0.3) is 0 Å². The van der Waals surface area contributed by atoms with E-state index in [-0.39, 0.29) is 29.7 Å². The van der Waals surface area contributed by atoms with Gasteiger partial charge in [-0.05, 0) is 42.8 Å². The molecule has 8 nitrogen and oxygen atoms in total. The summed E-state index contributed by atoms with van der Waals surface area (Å²) < 4.78 is 31.9. The van der Waals surface area contributed by atoms with E-state index in [2.05, 4.69) is 10.0 Å². The number of nitrogens with zero attached hydrogens (tertiary/aromatic N) is 1. The monoisotopic (exact) mass is 431 g/mol. The maximum atomic E-state index is 12.6. The van der Waals surface area contributed by atoms with Crippen LogP contribution in [-0.4, -0.2) is 47.0 Å². The van der Waals surface area contributed by atoms with Crippen LogP contribution in [0.15, 0.2) is 59.5 Å². The van der Waals surface area contributed by atoms with Gasteiger partial charge in [0.05, 0.1) is 10.8 Å². The molecule has 1 aliphatic rings. The summed E-state index contributed by atoms with van der Waals surface area (Å²) in [5.74, 6) is -0.832. The lowest BCUT2D eigenvalue weighted by Crippen LogP contribution is -2.28. The summed E-state index contributed by atoms with van der Waals surface area (Å²) in [6.45, 7) is 1.06. The van der Waals surface area contributed by atoms with Crippen LogP contribution in [0.5, 0.6) is 0 Å². The number of hydrogen-bond acceptors (Lipinski definition) is 5. The summed E-state index contributed by atoms with van der Waals surface area (Å²) in [4.78, 5) is 26.6. The molecule has 2 N–H and O–H groups in total. The zero-order chi connectivity index (χ0) is 21.6. The molecule has 3 rings (SSSR count). The van der Waals surface area contributed by atoms with Crippen LogP contribution in [0.3, 0.4) is 0 Å². The summed E-state index contributed by atoms with van der Waals surface area (Å²) >= 11 is 0. The van der Waals surface area contributed by atoms with Crippen molar-refractivity contribution in [2.75, 3.05) is 37.0 Å². The van der Waals surface area contributed by atoms with Crippen LogP contribution in [0.4, 0.5) is 11.4 Å². The van der Waals surface area contributed by atoms with Crippen molar-refractivity contribution >= 4 is 33.2 Å². The lowest BCUT2D eigenvalue weighted by molar-refractivity contribution is -0.122. The second-order valence-electron chi connectivity index (χ2n) is 7.00. The maximum absolute atomic E-state index is 12.6. The fourth-order valence-electron chi connectivity index (χ4n) is 3.21. The molecule has 0 aromatic heterocycles. The molecule has 0 spiro atoms. The molecular weight excluding hydrogens is 406 g/mol. The highest BCUT2D eigenvalue weighted by molar-refractivity contribution is 7.89. The molecule has 1 fully saturated rings. The van der Waals surface area contributed by atoms with Crippen LogP contribution in [0.1, 0.15) is 12.8 Å². The number of anilines is 2. The first-order valence-corrected chi connectivity index (χ1v) is 11.1. The van der Waals surface area contributed by atoms with Gasteiger partial charge in [0.25, 0.3) is 0 Å². The van der Waals surface area contributed by atoms with Gasteiger partial charge in [-0.25, -0.2) is 13.1 Å². The Morgan fingerprint density at radius 2 is 1.83 bits per heavy atom. The average Bonchev–Trinajstić information content (AvgIpc) is 3.14. The molecule has 2 amide bonds. The van der Waals surface area contributed by atoms with E-state index in [1.807, 2.05) is 30.3 Å². The minimum Gasteiger partial charge on any atom is -0.385 e. The zero-order valence-electron chi connectivity index (χ0n) is 16.7. The van der Waals surface area contributed by atoms with Crippen LogP contribution in [0, 0.1) is 5.92 Å². The first-order valence-electron chi connectivity index (χ1n) is 9.65. The predicted molar refractivity (Wildman–Crippen MR) is 114 cm³/mol. The Kier molecular flexibility index (Phi) is 7.20. The number of para-hydroxylation sites is 1. The van der Waals surface area contributed by atoms with Gasteiger partial charge in [-0.1, -0.05) is 18.2 Å². The SMILES string of the molecule is COCCCNS(=O)(=O)c1ccc(NC(=O)[C@@H]2CC(=O)N(c3ccccc3)C2)cc1. The van der Waals surface area contributed by atoms with Crippen molar-refractivity contribution in [2.45, 2.75) is 17.7 Å². The molecular formula is C21H25N3O5S. The topological polar surface area (TPSA) is 105 Å². The number of benzene rings is 2. The van der Waals surface area contributed by atoms with E-state index in [9.17, 15) is 18.0 Å². The van der Waals surface area contributed by atoms with E-state index < -0.39 is 15.9 Å². The lowest BCUT2D eigenvalue weighted by atomic mass is 10.1. The summed E-state index contributed by atoms with van der Waals surface area (Å²) in [6, 6.07) is 15.2. The van der Waals surface area contributed by atoms with Gasteiger partial charge in [0, 0.05) is 44.6 Å². The third-order valence-corrected chi connectivity index (χ3v) is 6.29. The number of carbonyl (C=O) groups is 2. The largest absolute Gasteiger partial charge is 0.385 e. The molecule has 0 aliphatic carbocycles. The minimum absolute atomic E-state index is 0.0951. The van der Waals surface area contributed by atoms with Gasteiger partial charge in [0.1, 0.15) is 0 Å². The lowest BCUT2D eigenvalue weighted by Gasteiger charge is -2.16. The Morgan fingerprint density at radius 1 is 1.13 bits per heavy atom. The summed E-state index contributed by atoms with van der Waals surface area (Å²) in [5.41, 5.74) is 1.24. The summed E-state index contributed by atoms with van der Waals surface area (Å²) in [6.07, 6.45) is 0.711. The van der Waals surface area contributed by atoms with Crippen molar-refractivity contribution in [2.24, 2.45) is 5.92 Å². The van der Waals surface area contributed by atoms with Gasteiger partial charge in [0.15, 0.2) is 0 Å². The molecule has 30 heavy (non-hydrogen) atoms. The number of sulfonamides is 1.